The van der Waals surface area contributed by atoms with Gasteiger partial charge in [0.25, 0.3) is 0 Å². The number of halogens is 1. The van der Waals surface area contributed by atoms with Crippen molar-refractivity contribution in [2.75, 3.05) is 17.1 Å². The predicted octanol–water partition coefficient (Wildman–Crippen LogP) is 3.79. The van der Waals surface area contributed by atoms with E-state index in [0.29, 0.717) is 12.1 Å². The number of amides is 1. The minimum Gasteiger partial charge on any atom is -0.348 e. The van der Waals surface area contributed by atoms with E-state index in [0.717, 1.165) is 26.2 Å². The number of carbonyl (C=O) groups excluding carboxylic acids is 1. The van der Waals surface area contributed by atoms with Gasteiger partial charge in [0.1, 0.15) is 6.54 Å². The van der Waals surface area contributed by atoms with E-state index in [-0.39, 0.29) is 18.5 Å². The second-order valence-corrected chi connectivity index (χ2v) is 9.01. The van der Waals surface area contributed by atoms with E-state index in [1.807, 2.05) is 38.1 Å². The van der Waals surface area contributed by atoms with Gasteiger partial charge in [0.2, 0.25) is 15.9 Å². The Bertz CT molecular complexity index is 867. The molecular formula is C19H23BrN2O3S. The van der Waals surface area contributed by atoms with Gasteiger partial charge in [-0.15, -0.1) is 0 Å². The third-order valence-electron chi connectivity index (χ3n) is 4.01. The summed E-state index contributed by atoms with van der Waals surface area (Å²) in [6.45, 7) is 3.72. The second kappa shape index (κ2) is 8.68. The van der Waals surface area contributed by atoms with E-state index in [1.54, 1.807) is 24.3 Å². The Labute approximate surface area is 163 Å². The van der Waals surface area contributed by atoms with Crippen LogP contribution in [-0.4, -0.2) is 27.1 Å². The van der Waals surface area contributed by atoms with Gasteiger partial charge in [-0.3, -0.25) is 9.10 Å². The topological polar surface area (TPSA) is 66.5 Å². The van der Waals surface area contributed by atoms with Gasteiger partial charge in [0.05, 0.1) is 18.0 Å². The monoisotopic (exact) mass is 438 g/mol. The third kappa shape index (κ3) is 5.57. The van der Waals surface area contributed by atoms with Crippen LogP contribution in [-0.2, 0) is 14.8 Å². The highest BCUT2D eigenvalue weighted by Crippen LogP contribution is 2.22. The Hall–Kier alpha value is -1.86. The molecule has 2 aromatic rings. The molecule has 0 bridgehead atoms. The average Bonchev–Trinajstić information content (AvgIpc) is 2.57. The molecule has 1 amide bonds. The van der Waals surface area contributed by atoms with E-state index in [4.69, 9.17) is 0 Å². The molecule has 1 N–H and O–H groups in total. The fraction of sp³-hybridized carbons (Fsp3) is 0.316. The zero-order valence-electron chi connectivity index (χ0n) is 15.1. The molecule has 5 nitrogen and oxygen atoms in total. The number of nitrogens with one attached hydrogen (secondary N) is 1. The summed E-state index contributed by atoms with van der Waals surface area (Å²) in [5.41, 5.74) is 2.59. The van der Waals surface area contributed by atoms with Gasteiger partial charge in [-0.05, 0) is 37.1 Å². The van der Waals surface area contributed by atoms with Crippen molar-refractivity contribution in [1.82, 2.24) is 5.32 Å². The predicted molar refractivity (Wildman–Crippen MR) is 109 cm³/mol. The molecule has 0 aliphatic rings. The molecule has 26 heavy (non-hydrogen) atoms. The average molecular weight is 439 g/mol. The van der Waals surface area contributed by atoms with Crippen molar-refractivity contribution in [2.45, 2.75) is 26.3 Å². The van der Waals surface area contributed by atoms with Gasteiger partial charge in [-0.1, -0.05) is 58.7 Å². The summed E-state index contributed by atoms with van der Waals surface area (Å²) < 4.78 is 26.2. The van der Waals surface area contributed by atoms with Crippen LogP contribution in [0.5, 0.6) is 0 Å². The molecule has 0 unspecified atom stereocenters. The van der Waals surface area contributed by atoms with Crippen molar-refractivity contribution in [2.24, 2.45) is 0 Å². The van der Waals surface area contributed by atoms with Crippen LogP contribution in [0.3, 0.4) is 0 Å². The lowest BCUT2D eigenvalue weighted by Gasteiger charge is -2.24. The number of aryl methyl sites for hydroxylation is 1. The van der Waals surface area contributed by atoms with E-state index >= 15 is 0 Å². The van der Waals surface area contributed by atoms with E-state index < -0.39 is 10.0 Å². The zero-order valence-corrected chi connectivity index (χ0v) is 17.5. The maximum absolute atomic E-state index is 12.5. The molecule has 0 saturated carbocycles. The Kier molecular flexibility index (Phi) is 6.83. The van der Waals surface area contributed by atoms with Crippen LogP contribution in [0.25, 0.3) is 0 Å². The van der Waals surface area contributed by atoms with Crippen molar-refractivity contribution in [3.63, 3.8) is 0 Å². The maximum Gasteiger partial charge on any atom is 0.241 e. The highest BCUT2D eigenvalue weighted by atomic mass is 79.9. The van der Waals surface area contributed by atoms with Crippen LogP contribution in [0.1, 0.15) is 30.5 Å². The highest BCUT2D eigenvalue weighted by Gasteiger charge is 2.22. The number of hydrogen-bond donors (Lipinski definition) is 1. The second-order valence-electron chi connectivity index (χ2n) is 6.19. The first-order valence-electron chi connectivity index (χ1n) is 8.30. The number of nitrogens with zero attached hydrogens (tertiary/aromatic N) is 1. The largest absolute Gasteiger partial charge is 0.348 e. The lowest BCUT2D eigenvalue weighted by atomic mass is 10.0. The molecule has 0 radical (unpaired) electrons. The fourth-order valence-corrected chi connectivity index (χ4v) is 3.86. The number of benzene rings is 2. The van der Waals surface area contributed by atoms with Crippen LogP contribution in [0, 0.1) is 6.92 Å². The molecule has 0 aliphatic heterocycles. The summed E-state index contributed by atoms with van der Waals surface area (Å²) in [6, 6.07) is 14.7. The summed E-state index contributed by atoms with van der Waals surface area (Å²) in [4.78, 5) is 12.5. The third-order valence-corrected chi connectivity index (χ3v) is 5.64. The number of carbonyl (C=O) groups is 1. The number of rotatable bonds is 7. The maximum atomic E-state index is 12.5. The van der Waals surface area contributed by atoms with Crippen molar-refractivity contribution >= 4 is 37.5 Å². The summed E-state index contributed by atoms with van der Waals surface area (Å²) in [5.74, 6) is -0.345. The van der Waals surface area contributed by atoms with Crippen LogP contribution in [0.2, 0.25) is 0 Å². The van der Waals surface area contributed by atoms with E-state index in [9.17, 15) is 13.2 Å². The summed E-state index contributed by atoms with van der Waals surface area (Å²) in [7, 11) is -3.59. The smallest absolute Gasteiger partial charge is 0.241 e. The molecule has 0 heterocycles. The van der Waals surface area contributed by atoms with Crippen LogP contribution < -0.4 is 9.62 Å². The minimum absolute atomic E-state index is 0.160. The minimum atomic E-state index is -3.59. The summed E-state index contributed by atoms with van der Waals surface area (Å²) >= 11 is 3.33. The zero-order chi connectivity index (χ0) is 19.3. The van der Waals surface area contributed by atoms with E-state index in [2.05, 4.69) is 21.2 Å². The van der Waals surface area contributed by atoms with E-state index in [1.165, 1.54) is 0 Å². The van der Waals surface area contributed by atoms with Crippen molar-refractivity contribution in [3.8, 4) is 0 Å². The molecule has 2 rings (SSSR count). The quantitative estimate of drug-likeness (QED) is 0.714. The molecule has 0 aliphatic carbocycles. The number of sulfonamides is 1. The molecule has 140 valence electrons. The van der Waals surface area contributed by atoms with Gasteiger partial charge >= 0.3 is 0 Å². The lowest BCUT2D eigenvalue weighted by Crippen LogP contribution is -2.41. The lowest BCUT2D eigenvalue weighted by molar-refractivity contribution is -0.120. The molecular weight excluding hydrogens is 416 g/mol. The van der Waals surface area contributed by atoms with Gasteiger partial charge < -0.3 is 5.32 Å². The summed E-state index contributed by atoms with van der Waals surface area (Å²) in [5, 5.41) is 2.93. The standard InChI is InChI=1S/C19H23BrN2O3S/c1-4-18(15-10-8-14(2)9-11-15)21-19(23)13-22(26(3,24)25)17-7-5-6-16(20)12-17/h5-12,18H,4,13H2,1-3H3,(H,21,23)/t18-/m0/s1. The van der Waals surface area contributed by atoms with Gasteiger partial charge in [-0.2, -0.15) is 0 Å². The molecule has 2 aromatic carbocycles. The Balaban J connectivity index is 2.17. The summed E-state index contributed by atoms with van der Waals surface area (Å²) in [6.07, 6.45) is 1.81. The molecule has 0 fully saturated rings. The molecule has 0 saturated heterocycles. The first kappa shape index (κ1) is 20.5. The van der Waals surface area contributed by atoms with Gasteiger partial charge in [0.15, 0.2) is 0 Å². The Morgan fingerprint density at radius 2 is 1.85 bits per heavy atom. The van der Waals surface area contributed by atoms with Gasteiger partial charge in [0, 0.05) is 4.47 Å². The Morgan fingerprint density at radius 1 is 1.19 bits per heavy atom. The fourth-order valence-electron chi connectivity index (χ4n) is 2.62. The molecule has 0 aromatic heterocycles. The first-order valence-corrected chi connectivity index (χ1v) is 10.9. The van der Waals surface area contributed by atoms with Crippen molar-refractivity contribution in [3.05, 3.63) is 64.1 Å². The SMILES string of the molecule is CC[C@H](NC(=O)CN(c1cccc(Br)c1)S(C)(=O)=O)c1ccc(C)cc1. The first-order chi connectivity index (χ1) is 12.2. The normalized spacial score (nSPS) is 12.5. The number of hydrogen-bond acceptors (Lipinski definition) is 3. The van der Waals surface area contributed by atoms with Crippen molar-refractivity contribution in [1.29, 1.82) is 0 Å². The highest BCUT2D eigenvalue weighted by molar-refractivity contribution is 9.10. The van der Waals surface area contributed by atoms with Crippen molar-refractivity contribution < 1.29 is 13.2 Å². The Morgan fingerprint density at radius 3 is 2.38 bits per heavy atom. The molecule has 7 heteroatoms. The number of anilines is 1. The molecule has 1 atom stereocenters. The van der Waals surface area contributed by atoms with Gasteiger partial charge in [-0.25, -0.2) is 8.42 Å². The van der Waals surface area contributed by atoms with Crippen LogP contribution in [0.15, 0.2) is 53.0 Å². The molecule has 0 spiro atoms. The van der Waals surface area contributed by atoms with Crippen LogP contribution >= 0.6 is 15.9 Å². The van der Waals surface area contributed by atoms with Crippen LogP contribution in [0.4, 0.5) is 5.69 Å².